The van der Waals surface area contributed by atoms with E-state index in [0.29, 0.717) is 0 Å². The second-order valence-electron chi connectivity index (χ2n) is 6.31. The molecule has 1 aliphatic rings. The van der Waals surface area contributed by atoms with Crippen LogP contribution in [0.1, 0.15) is 35.2 Å². The summed E-state index contributed by atoms with van der Waals surface area (Å²) >= 11 is 3.40. The van der Waals surface area contributed by atoms with Crippen molar-refractivity contribution in [2.24, 2.45) is 5.10 Å². The molecular weight excluding hydrogens is 433 g/mol. The monoisotopic (exact) mass is 448 g/mol. The molecule has 1 amide bonds. The standard InChI is InChI=1S/C15H16BrF3N6O2/c1-8-6-14(27,15(17,18)19)25(20-8)13(26)11-4-5-23(22-11)7-24-10(3)12(16)9(2)21-24/h4-5,27H,6-7H2,1-3H3/t14-/m0/s1. The number of nitrogens with zero attached hydrogens (tertiary/aromatic N) is 6. The molecule has 146 valence electrons. The molecule has 0 radical (unpaired) electrons. The van der Waals surface area contributed by atoms with E-state index < -0.39 is 24.2 Å². The van der Waals surface area contributed by atoms with Gasteiger partial charge in [0.25, 0.3) is 11.6 Å². The maximum absolute atomic E-state index is 13.3. The van der Waals surface area contributed by atoms with Crippen LogP contribution in [-0.2, 0) is 6.67 Å². The van der Waals surface area contributed by atoms with Gasteiger partial charge in [-0.3, -0.25) is 9.48 Å². The summed E-state index contributed by atoms with van der Waals surface area (Å²) in [5, 5.41) is 21.9. The topological polar surface area (TPSA) is 88.5 Å². The minimum Gasteiger partial charge on any atom is -0.362 e. The van der Waals surface area contributed by atoms with Crippen molar-refractivity contribution in [2.75, 3.05) is 0 Å². The lowest BCUT2D eigenvalue weighted by Crippen LogP contribution is -2.56. The van der Waals surface area contributed by atoms with Gasteiger partial charge in [-0.2, -0.15) is 33.5 Å². The molecule has 12 heteroatoms. The van der Waals surface area contributed by atoms with Gasteiger partial charge in [-0.1, -0.05) is 0 Å². The third kappa shape index (κ3) is 3.27. The Hall–Kier alpha value is -2.21. The van der Waals surface area contributed by atoms with Crippen LogP contribution < -0.4 is 0 Å². The fourth-order valence-electron chi connectivity index (χ4n) is 2.77. The number of aryl methyl sites for hydroxylation is 1. The number of carbonyl (C=O) groups excluding carboxylic acids is 1. The van der Waals surface area contributed by atoms with Gasteiger partial charge in [-0.05, 0) is 42.8 Å². The van der Waals surface area contributed by atoms with E-state index in [4.69, 9.17) is 0 Å². The molecule has 3 heterocycles. The Kier molecular flexibility index (Phi) is 4.67. The molecule has 3 rings (SSSR count). The van der Waals surface area contributed by atoms with Crippen LogP contribution in [-0.4, -0.2) is 53.2 Å². The maximum Gasteiger partial charge on any atom is 0.438 e. The van der Waals surface area contributed by atoms with Crippen molar-refractivity contribution in [3.05, 3.63) is 33.8 Å². The van der Waals surface area contributed by atoms with Gasteiger partial charge in [0.2, 0.25) is 0 Å². The maximum atomic E-state index is 13.3. The fourth-order valence-corrected chi connectivity index (χ4v) is 3.05. The number of aromatic nitrogens is 4. The fraction of sp³-hybridized carbons (Fsp3) is 0.467. The van der Waals surface area contributed by atoms with Crippen molar-refractivity contribution in [3.63, 3.8) is 0 Å². The Morgan fingerprint density at radius 1 is 1.33 bits per heavy atom. The molecule has 0 spiro atoms. The normalized spacial score (nSPS) is 20.3. The Balaban J connectivity index is 1.85. The molecule has 0 aliphatic carbocycles. The minimum atomic E-state index is -5.05. The van der Waals surface area contributed by atoms with Crippen LogP contribution in [0.4, 0.5) is 13.2 Å². The van der Waals surface area contributed by atoms with Gasteiger partial charge >= 0.3 is 6.18 Å². The minimum absolute atomic E-state index is 0.00454. The van der Waals surface area contributed by atoms with E-state index >= 15 is 0 Å². The Morgan fingerprint density at radius 2 is 2.00 bits per heavy atom. The largest absolute Gasteiger partial charge is 0.438 e. The summed E-state index contributed by atoms with van der Waals surface area (Å²) < 4.78 is 43.6. The number of hydrogen-bond donors (Lipinski definition) is 1. The highest BCUT2D eigenvalue weighted by atomic mass is 79.9. The van der Waals surface area contributed by atoms with Crippen molar-refractivity contribution in [1.82, 2.24) is 24.6 Å². The first-order valence-corrected chi connectivity index (χ1v) is 8.64. The quantitative estimate of drug-likeness (QED) is 0.780. The lowest BCUT2D eigenvalue weighted by Gasteiger charge is -2.32. The van der Waals surface area contributed by atoms with Crippen molar-refractivity contribution < 1.29 is 23.1 Å². The molecular formula is C15H16BrF3N6O2. The van der Waals surface area contributed by atoms with Gasteiger partial charge in [0.15, 0.2) is 5.69 Å². The number of aliphatic hydroxyl groups is 1. The molecule has 1 atom stereocenters. The molecule has 0 saturated heterocycles. The summed E-state index contributed by atoms with van der Waals surface area (Å²) in [6.07, 6.45) is -4.41. The molecule has 1 N–H and O–H groups in total. The van der Waals surface area contributed by atoms with Crippen LogP contribution >= 0.6 is 15.9 Å². The number of carbonyl (C=O) groups is 1. The van der Waals surface area contributed by atoms with E-state index in [1.165, 1.54) is 23.9 Å². The van der Waals surface area contributed by atoms with Crippen LogP contribution in [0.25, 0.3) is 0 Å². The van der Waals surface area contributed by atoms with Crippen LogP contribution in [0, 0.1) is 13.8 Å². The van der Waals surface area contributed by atoms with E-state index in [1.807, 2.05) is 13.8 Å². The van der Waals surface area contributed by atoms with Crippen LogP contribution in [0.2, 0.25) is 0 Å². The Bertz CT molecular complexity index is 935. The molecule has 0 aromatic carbocycles. The van der Waals surface area contributed by atoms with Crippen molar-refractivity contribution >= 4 is 27.5 Å². The number of rotatable bonds is 3. The lowest BCUT2D eigenvalue weighted by molar-refractivity contribution is -0.297. The number of halogens is 4. The Labute approximate surface area is 160 Å². The molecule has 27 heavy (non-hydrogen) atoms. The molecule has 2 aromatic rings. The Morgan fingerprint density at radius 3 is 2.56 bits per heavy atom. The lowest BCUT2D eigenvalue weighted by atomic mass is 10.1. The van der Waals surface area contributed by atoms with E-state index in [1.54, 1.807) is 4.68 Å². The molecule has 8 nitrogen and oxygen atoms in total. The van der Waals surface area contributed by atoms with Gasteiger partial charge in [0, 0.05) is 18.3 Å². The number of amides is 1. The molecule has 2 aromatic heterocycles. The van der Waals surface area contributed by atoms with Crippen LogP contribution in [0.5, 0.6) is 0 Å². The molecule has 0 saturated carbocycles. The zero-order chi connectivity index (χ0) is 20.1. The van der Waals surface area contributed by atoms with Gasteiger partial charge in [0.1, 0.15) is 6.67 Å². The SMILES string of the molecule is CC1=NN(C(=O)c2ccn(Cn3nc(C)c(Br)c3C)n2)[C@@](O)(C(F)(F)F)C1. The van der Waals surface area contributed by atoms with Crippen molar-refractivity contribution in [2.45, 2.75) is 45.8 Å². The molecule has 1 aliphatic heterocycles. The van der Waals surface area contributed by atoms with Crippen molar-refractivity contribution in [3.8, 4) is 0 Å². The number of hydrogen-bond acceptors (Lipinski definition) is 5. The second kappa shape index (κ2) is 6.44. The summed E-state index contributed by atoms with van der Waals surface area (Å²) in [5.41, 5.74) is -2.04. The van der Waals surface area contributed by atoms with E-state index in [9.17, 15) is 23.1 Å². The average molecular weight is 449 g/mol. The van der Waals surface area contributed by atoms with E-state index in [2.05, 4.69) is 31.2 Å². The summed E-state index contributed by atoms with van der Waals surface area (Å²) in [4.78, 5) is 12.5. The second-order valence-corrected chi connectivity index (χ2v) is 7.10. The van der Waals surface area contributed by atoms with Gasteiger partial charge < -0.3 is 5.11 Å². The van der Waals surface area contributed by atoms with Crippen molar-refractivity contribution in [1.29, 1.82) is 0 Å². The summed E-state index contributed by atoms with van der Waals surface area (Å²) in [6.45, 7) is 5.13. The first kappa shape index (κ1) is 19.5. The predicted octanol–water partition coefficient (Wildman–Crippen LogP) is 2.44. The highest BCUT2D eigenvalue weighted by Crippen LogP contribution is 2.40. The smallest absolute Gasteiger partial charge is 0.362 e. The summed E-state index contributed by atoms with van der Waals surface area (Å²) in [7, 11) is 0. The predicted molar refractivity (Wildman–Crippen MR) is 91.9 cm³/mol. The molecule has 0 bridgehead atoms. The van der Waals surface area contributed by atoms with Gasteiger partial charge in [0.05, 0.1) is 15.9 Å². The van der Waals surface area contributed by atoms with Gasteiger partial charge in [-0.15, -0.1) is 0 Å². The van der Waals surface area contributed by atoms with E-state index in [0.717, 1.165) is 15.9 Å². The summed E-state index contributed by atoms with van der Waals surface area (Å²) in [6, 6.07) is 1.27. The van der Waals surface area contributed by atoms with Gasteiger partial charge in [-0.25, -0.2) is 4.68 Å². The zero-order valence-electron chi connectivity index (χ0n) is 14.6. The molecule has 0 fully saturated rings. The first-order chi connectivity index (χ1) is 12.4. The number of alkyl halides is 3. The molecule has 0 unspecified atom stereocenters. The third-order valence-electron chi connectivity index (χ3n) is 4.20. The van der Waals surface area contributed by atoms with Crippen LogP contribution in [0.3, 0.4) is 0 Å². The average Bonchev–Trinajstić information content (AvgIpc) is 3.21. The zero-order valence-corrected chi connectivity index (χ0v) is 16.2. The third-order valence-corrected chi connectivity index (χ3v) is 5.35. The first-order valence-electron chi connectivity index (χ1n) is 7.85. The van der Waals surface area contributed by atoms with E-state index in [-0.39, 0.29) is 23.1 Å². The number of hydrazone groups is 1. The highest BCUT2D eigenvalue weighted by molar-refractivity contribution is 9.10. The highest BCUT2D eigenvalue weighted by Gasteiger charge is 2.63. The summed E-state index contributed by atoms with van der Waals surface area (Å²) in [5.74, 6) is -1.14. The van der Waals surface area contributed by atoms with Crippen LogP contribution in [0.15, 0.2) is 21.8 Å².